The summed E-state index contributed by atoms with van der Waals surface area (Å²) in [7, 11) is 1.80. The summed E-state index contributed by atoms with van der Waals surface area (Å²) < 4.78 is 8.14. The third kappa shape index (κ3) is 5.00. The lowest BCUT2D eigenvalue weighted by molar-refractivity contribution is -0.386. The number of ether oxygens (including phenoxy) is 1. The van der Waals surface area contributed by atoms with Crippen LogP contribution in [0.15, 0.2) is 53.1 Å². The number of nitro benzene ring substituents is 1. The summed E-state index contributed by atoms with van der Waals surface area (Å²) in [4.78, 5) is 23.2. The van der Waals surface area contributed by atoms with Gasteiger partial charge in [0.1, 0.15) is 6.61 Å². The number of nitrogens with one attached hydrogen (secondary N) is 1. The Kier molecular flexibility index (Phi) is 6.28. The molecule has 0 aliphatic carbocycles. The van der Waals surface area contributed by atoms with Gasteiger partial charge in [0.2, 0.25) is 0 Å². The minimum atomic E-state index is -0.469. The molecule has 0 saturated heterocycles. The first-order chi connectivity index (χ1) is 13.8. The maximum atomic E-state index is 12.5. The molecule has 0 saturated carbocycles. The molecule has 2 aromatic carbocycles. The Morgan fingerprint density at radius 1 is 1.31 bits per heavy atom. The summed E-state index contributed by atoms with van der Waals surface area (Å²) in [6, 6.07) is 11.7. The van der Waals surface area contributed by atoms with Crippen molar-refractivity contribution in [3.05, 3.63) is 85.6 Å². The van der Waals surface area contributed by atoms with Crippen LogP contribution in [0.25, 0.3) is 0 Å². The summed E-state index contributed by atoms with van der Waals surface area (Å²) in [5.41, 5.74) is 2.75. The van der Waals surface area contributed by atoms with E-state index in [1.165, 1.54) is 6.07 Å². The first-order valence-corrected chi connectivity index (χ1v) is 9.56. The van der Waals surface area contributed by atoms with Gasteiger partial charge in [0.15, 0.2) is 5.75 Å². The van der Waals surface area contributed by atoms with Crippen LogP contribution in [0.3, 0.4) is 0 Å². The van der Waals surface area contributed by atoms with E-state index in [4.69, 9.17) is 4.74 Å². The third-order valence-corrected chi connectivity index (χ3v) is 4.98. The van der Waals surface area contributed by atoms with Gasteiger partial charge in [-0.05, 0) is 52.2 Å². The molecular formula is C20H19BrN4O4. The molecule has 0 atom stereocenters. The number of rotatable bonds is 7. The fourth-order valence-corrected chi connectivity index (χ4v) is 3.24. The number of nitrogens with zero attached hydrogens (tertiary/aromatic N) is 3. The van der Waals surface area contributed by atoms with Crippen LogP contribution in [0.1, 0.15) is 27.2 Å². The molecule has 0 unspecified atom stereocenters. The zero-order chi connectivity index (χ0) is 21.0. The van der Waals surface area contributed by atoms with Gasteiger partial charge in [-0.25, -0.2) is 0 Å². The van der Waals surface area contributed by atoms with Crippen molar-refractivity contribution in [1.82, 2.24) is 15.1 Å². The highest BCUT2D eigenvalue weighted by molar-refractivity contribution is 9.10. The highest BCUT2D eigenvalue weighted by Crippen LogP contribution is 2.28. The molecule has 3 aromatic rings. The standard InChI is InChI=1S/C20H19BrN4O4/c1-13-6-7-19(17(8-13)25(27)28)29-12-14-4-3-5-15(9-14)20(26)22-11-18-16(21)10-23-24(18)2/h3-10H,11-12H2,1-2H3,(H,22,26). The molecular weight excluding hydrogens is 440 g/mol. The molecule has 0 spiro atoms. The predicted molar refractivity (Wildman–Crippen MR) is 111 cm³/mol. The summed E-state index contributed by atoms with van der Waals surface area (Å²) in [5, 5.41) is 18.2. The second-order valence-electron chi connectivity index (χ2n) is 6.46. The predicted octanol–water partition coefficient (Wildman–Crippen LogP) is 3.91. The van der Waals surface area contributed by atoms with Crippen molar-refractivity contribution in [3.8, 4) is 5.75 Å². The molecule has 0 aliphatic rings. The van der Waals surface area contributed by atoms with Crippen LogP contribution in [-0.4, -0.2) is 20.6 Å². The molecule has 8 nitrogen and oxygen atoms in total. The molecule has 29 heavy (non-hydrogen) atoms. The number of hydrogen-bond donors (Lipinski definition) is 1. The van der Waals surface area contributed by atoms with Crippen molar-refractivity contribution in [1.29, 1.82) is 0 Å². The second-order valence-corrected chi connectivity index (χ2v) is 7.32. The number of nitro groups is 1. The first-order valence-electron chi connectivity index (χ1n) is 8.76. The van der Waals surface area contributed by atoms with E-state index < -0.39 is 4.92 Å². The fourth-order valence-electron chi connectivity index (χ4n) is 2.76. The molecule has 0 fully saturated rings. The molecule has 9 heteroatoms. The van der Waals surface area contributed by atoms with E-state index >= 15 is 0 Å². The van der Waals surface area contributed by atoms with Crippen molar-refractivity contribution in [2.45, 2.75) is 20.1 Å². The average molecular weight is 459 g/mol. The van der Waals surface area contributed by atoms with Crippen LogP contribution in [0.4, 0.5) is 5.69 Å². The zero-order valence-electron chi connectivity index (χ0n) is 15.9. The normalized spacial score (nSPS) is 10.6. The largest absolute Gasteiger partial charge is 0.482 e. The van der Waals surface area contributed by atoms with Gasteiger partial charge in [0, 0.05) is 18.7 Å². The van der Waals surface area contributed by atoms with Gasteiger partial charge in [-0.3, -0.25) is 19.6 Å². The Morgan fingerprint density at radius 3 is 2.79 bits per heavy atom. The van der Waals surface area contributed by atoms with E-state index in [0.717, 1.165) is 21.3 Å². The molecule has 1 aromatic heterocycles. The number of carbonyl (C=O) groups excluding carboxylic acids is 1. The van der Waals surface area contributed by atoms with Crippen LogP contribution < -0.4 is 10.1 Å². The Balaban J connectivity index is 1.67. The van der Waals surface area contributed by atoms with Crippen LogP contribution in [0.5, 0.6) is 5.75 Å². The SMILES string of the molecule is Cc1ccc(OCc2cccc(C(=O)NCc3c(Br)cnn3C)c2)c([N+](=O)[O-])c1. The van der Waals surface area contributed by atoms with Crippen molar-refractivity contribution < 1.29 is 14.5 Å². The number of halogens is 1. The highest BCUT2D eigenvalue weighted by Gasteiger charge is 2.16. The average Bonchev–Trinajstić information content (AvgIpc) is 3.02. The Labute approximate surface area is 175 Å². The van der Waals surface area contributed by atoms with Crippen molar-refractivity contribution >= 4 is 27.5 Å². The van der Waals surface area contributed by atoms with Crippen LogP contribution in [0.2, 0.25) is 0 Å². The van der Waals surface area contributed by atoms with Crippen LogP contribution in [0, 0.1) is 17.0 Å². The number of aromatic nitrogens is 2. The van der Waals surface area contributed by atoms with Crippen molar-refractivity contribution in [2.24, 2.45) is 7.05 Å². The summed E-state index contributed by atoms with van der Waals surface area (Å²) in [6.07, 6.45) is 1.67. The number of carbonyl (C=O) groups is 1. The molecule has 3 rings (SSSR count). The first kappa shape index (κ1) is 20.5. The molecule has 0 radical (unpaired) electrons. The fraction of sp³-hybridized carbons (Fsp3) is 0.200. The molecule has 1 heterocycles. The molecule has 1 N–H and O–H groups in total. The molecule has 0 aliphatic heterocycles. The lowest BCUT2D eigenvalue weighted by atomic mass is 10.1. The number of benzene rings is 2. The van der Waals surface area contributed by atoms with Gasteiger partial charge in [0.05, 0.1) is 27.8 Å². The Hall–Kier alpha value is -3.20. The van der Waals surface area contributed by atoms with E-state index in [-0.39, 0.29) is 24.0 Å². The second kappa shape index (κ2) is 8.87. The molecule has 150 valence electrons. The number of amides is 1. The monoisotopic (exact) mass is 458 g/mol. The third-order valence-electron chi connectivity index (χ3n) is 4.32. The van der Waals surface area contributed by atoms with Gasteiger partial charge < -0.3 is 10.1 Å². The molecule has 0 bridgehead atoms. The minimum absolute atomic E-state index is 0.0827. The lowest BCUT2D eigenvalue weighted by Gasteiger charge is -2.10. The van der Waals surface area contributed by atoms with Gasteiger partial charge in [-0.2, -0.15) is 5.10 Å². The number of hydrogen-bond acceptors (Lipinski definition) is 5. The van der Waals surface area contributed by atoms with Gasteiger partial charge in [-0.15, -0.1) is 0 Å². The van der Waals surface area contributed by atoms with E-state index in [1.54, 1.807) is 61.2 Å². The van der Waals surface area contributed by atoms with Crippen LogP contribution in [-0.2, 0) is 20.2 Å². The Morgan fingerprint density at radius 2 is 2.10 bits per heavy atom. The maximum Gasteiger partial charge on any atom is 0.311 e. The smallest absolute Gasteiger partial charge is 0.311 e. The van der Waals surface area contributed by atoms with Gasteiger partial charge in [-0.1, -0.05) is 18.2 Å². The molecule has 1 amide bonds. The van der Waals surface area contributed by atoms with E-state index in [1.807, 2.05) is 0 Å². The van der Waals surface area contributed by atoms with Crippen molar-refractivity contribution in [3.63, 3.8) is 0 Å². The van der Waals surface area contributed by atoms with Crippen molar-refractivity contribution in [2.75, 3.05) is 0 Å². The zero-order valence-corrected chi connectivity index (χ0v) is 17.5. The number of aryl methyl sites for hydroxylation is 2. The lowest BCUT2D eigenvalue weighted by Crippen LogP contribution is -2.24. The summed E-state index contributed by atoms with van der Waals surface area (Å²) in [5.74, 6) is -0.0437. The highest BCUT2D eigenvalue weighted by atomic mass is 79.9. The quantitative estimate of drug-likeness (QED) is 0.427. The maximum absolute atomic E-state index is 12.5. The topological polar surface area (TPSA) is 99.3 Å². The van der Waals surface area contributed by atoms with Crippen LogP contribution >= 0.6 is 15.9 Å². The van der Waals surface area contributed by atoms with Gasteiger partial charge >= 0.3 is 5.69 Å². The summed E-state index contributed by atoms with van der Waals surface area (Å²) >= 11 is 3.40. The van der Waals surface area contributed by atoms with E-state index in [2.05, 4.69) is 26.3 Å². The summed E-state index contributed by atoms with van der Waals surface area (Å²) in [6.45, 7) is 2.22. The Bertz CT molecular complexity index is 1040. The van der Waals surface area contributed by atoms with Gasteiger partial charge in [0.25, 0.3) is 5.91 Å². The van der Waals surface area contributed by atoms with E-state index in [9.17, 15) is 14.9 Å². The van der Waals surface area contributed by atoms with E-state index in [0.29, 0.717) is 12.1 Å². The minimum Gasteiger partial charge on any atom is -0.482 e.